The van der Waals surface area contributed by atoms with Crippen molar-refractivity contribution >= 4 is 16.9 Å². The van der Waals surface area contributed by atoms with Crippen LogP contribution in [0.15, 0.2) is 30.5 Å². The third-order valence-corrected chi connectivity index (χ3v) is 2.73. The summed E-state index contributed by atoms with van der Waals surface area (Å²) in [5, 5.41) is 10.7. The second-order valence-electron chi connectivity index (χ2n) is 4.10. The highest BCUT2D eigenvalue weighted by Crippen LogP contribution is 2.20. The minimum absolute atomic E-state index is 0.251. The highest BCUT2D eigenvalue weighted by molar-refractivity contribution is 5.84. The van der Waals surface area contributed by atoms with Crippen LogP contribution in [-0.4, -0.2) is 28.4 Å². The van der Waals surface area contributed by atoms with E-state index in [2.05, 4.69) is 4.98 Å². The lowest BCUT2D eigenvalue weighted by Crippen LogP contribution is -2.46. The Kier molecular flexibility index (Phi) is 3.48. The quantitative estimate of drug-likeness (QED) is 0.748. The van der Waals surface area contributed by atoms with Crippen molar-refractivity contribution in [1.29, 1.82) is 0 Å². The van der Waals surface area contributed by atoms with Gasteiger partial charge >= 0.3 is 12.3 Å². The van der Waals surface area contributed by atoms with E-state index < -0.39 is 18.3 Å². The molecule has 0 spiro atoms. The van der Waals surface area contributed by atoms with Gasteiger partial charge in [0.25, 0.3) is 0 Å². The van der Waals surface area contributed by atoms with E-state index in [0.717, 1.165) is 16.2 Å². The van der Waals surface area contributed by atoms with E-state index in [-0.39, 0.29) is 6.42 Å². The van der Waals surface area contributed by atoms with Gasteiger partial charge in [-0.3, -0.25) is 4.79 Å². The molecule has 0 saturated carbocycles. The Morgan fingerprint density at radius 2 is 2.05 bits per heavy atom. The van der Waals surface area contributed by atoms with Crippen LogP contribution in [0.3, 0.4) is 0 Å². The van der Waals surface area contributed by atoms with Gasteiger partial charge in [0.1, 0.15) is 6.04 Å². The number of rotatable bonds is 4. The Morgan fingerprint density at radius 1 is 1.37 bits per heavy atom. The summed E-state index contributed by atoms with van der Waals surface area (Å²) in [5.41, 5.74) is 1.29. The normalized spacial score (nSPS) is 13.6. The highest BCUT2D eigenvalue weighted by Gasteiger charge is 2.34. The van der Waals surface area contributed by atoms with Crippen molar-refractivity contribution in [2.75, 3.05) is 0 Å². The van der Waals surface area contributed by atoms with Crippen LogP contribution in [0.5, 0.6) is 0 Å². The zero-order valence-corrected chi connectivity index (χ0v) is 9.66. The van der Waals surface area contributed by atoms with Crippen LogP contribution in [0.1, 0.15) is 5.56 Å². The topological polar surface area (TPSA) is 65.1 Å². The second-order valence-corrected chi connectivity index (χ2v) is 4.10. The summed E-state index contributed by atoms with van der Waals surface area (Å²) in [6, 6.07) is 5.32. The summed E-state index contributed by atoms with van der Waals surface area (Å²) in [6.07, 6.45) is -3.45. The number of alkyl halides is 3. The molecule has 2 aromatic rings. The number of carboxylic acid groups (broad SMARTS) is 1. The monoisotopic (exact) mass is 272 g/mol. The number of aliphatic carboxylic acids is 1. The molecular weight excluding hydrogens is 261 g/mol. The molecule has 102 valence electrons. The third-order valence-electron chi connectivity index (χ3n) is 2.73. The van der Waals surface area contributed by atoms with Crippen molar-refractivity contribution in [3.63, 3.8) is 0 Å². The van der Waals surface area contributed by atoms with Crippen LogP contribution in [0.4, 0.5) is 13.2 Å². The molecule has 0 aliphatic rings. The van der Waals surface area contributed by atoms with Gasteiger partial charge in [-0.2, -0.15) is 13.2 Å². The number of benzene rings is 1. The summed E-state index contributed by atoms with van der Waals surface area (Å²) >= 11 is 0. The van der Waals surface area contributed by atoms with Gasteiger partial charge in [-0.25, -0.2) is 5.32 Å². The molecule has 0 bridgehead atoms. The SMILES string of the molecule is O=C(O)[C@H](Cc1c[nH]c2ccccc12)NC(F)(F)F. The fourth-order valence-corrected chi connectivity index (χ4v) is 1.92. The predicted molar refractivity (Wildman–Crippen MR) is 62.6 cm³/mol. The van der Waals surface area contributed by atoms with Crippen LogP contribution < -0.4 is 5.32 Å². The maximum Gasteiger partial charge on any atom is 0.457 e. The van der Waals surface area contributed by atoms with Gasteiger partial charge in [-0.15, -0.1) is 0 Å². The Balaban J connectivity index is 2.24. The maximum atomic E-state index is 12.2. The number of fused-ring (bicyclic) bond motifs is 1. The van der Waals surface area contributed by atoms with Crippen molar-refractivity contribution in [1.82, 2.24) is 10.3 Å². The smallest absolute Gasteiger partial charge is 0.457 e. The minimum Gasteiger partial charge on any atom is -0.480 e. The predicted octanol–water partition coefficient (Wildman–Crippen LogP) is 2.27. The van der Waals surface area contributed by atoms with Gasteiger partial charge in [-0.05, 0) is 11.6 Å². The van der Waals surface area contributed by atoms with Gasteiger partial charge in [0.15, 0.2) is 0 Å². The summed E-state index contributed by atoms with van der Waals surface area (Å²) in [6.45, 7) is 0. The highest BCUT2D eigenvalue weighted by atomic mass is 19.4. The average molecular weight is 272 g/mol. The summed E-state index contributed by atoms with van der Waals surface area (Å²) in [7, 11) is 0. The molecule has 0 fully saturated rings. The molecule has 0 saturated heterocycles. The van der Waals surface area contributed by atoms with E-state index in [1.54, 1.807) is 24.3 Å². The molecule has 0 aliphatic carbocycles. The summed E-state index contributed by atoms with van der Waals surface area (Å²) < 4.78 is 36.7. The number of aromatic nitrogens is 1. The fraction of sp³-hybridized carbons (Fsp3) is 0.250. The average Bonchev–Trinajstić information content (AvgIpc) is 2.70. The first kappa shape index (κ1) is 13.4. The first-order valence-corrected chi connectivity index (χ1v) is 5.49. The van der Waals surface area contributed by atoms with E-state index in [0.29, 0.717) is 5.56 Å². The maximum absolute atomic E-state index is 12.2. The van der Waals surface area contributed by atoms with Gasteiger partial charge in [0, 0.05) is 23.5 Å². The molecule has 19 heavy (non-hydrogen) atoms. The van der Waals surface area contributed by atoms with E-state index in [4.69, 9.17) is 5.11 Å². The molecule has 7 heteroatoms. The second kappa shape index (κ2) is 4.93. The molecule has 1 atom stereocenters. The lowest BCUT2D eigenvalue weighted by molar-refractivity contribution is -0.174. The number of carbonyl (C=O) groups is 1. The molecular formula is C12H11F3N2O2. The molecule has 0 unspecified atom stereocenters. The van der Waals surface area contributed by atoms with E-state index in [1.807, 2.05) is 0 Å². The number of carboxylic acids is 1. The Morgan fingerprint density at radius 3 is 2.68 bits per heavy atom. The van der Waals surface area contributed by atoms with Crippen molar-refractivity contribution in [2.24, 2.45) is 0 Å². The molecule has 0 aliphatic heterocycles. The van der Waals surface area contributed by atoms with Crippen LogP contribution in [0.2, 0.25) is 0 Å². The Hall–Kier alpha value is -2.02. The van der Waals surface area contributed by atoms with Gasteiger partial charge in [0.2, 0.25) is 0 Å². The molecule has 1 aromatic carbocycles. The molecule has 1 aromatic heterocycles. The number of hydrogen-bond acceptors (Lipinski definition) is 2. The zero-order chi connectivity index (χ0) is 14.0. The standard InChI is InChI=1S/C12H11F3N2O2/c13-12(14,15)17-10(11(18)19)5-7-6-16-9-4-2-1-3-8(7)9/h1-4,6,10,16-17H,5H2,(H,18,19)/t10-/m0/s1. The molecule has 1 heterocycles. The van der Waals surface area contributed by atoms with Crippen LogP contribution >= 0.6 is 0 Å². The molecule has 0 radical (unpaired) electrons. The number of halogens is 3. The van der Waals surface area contributed by atoms with Crippen molar-refractivity contribution in [3.05, 3.63) is 36.0 Å². The van der Waals surface area contributed by atoms with Crippen molar-refractivity contribution in [3.8, 4) is 0 Å². The Labute approximate surface area is 106 Å². The van der Waals surface area contributed by atoms with E-state index in [1.165, 1.54) is 6.20 Å². The van der Waals surface area contributed by atoms with E-state index >= 15 is 0 Å². The van der Waals surface area contributed by atoms with Crippen LogP contribution in [0, 0.1) is 0 Å². The van der Waals surface area contributed by atoms with Crippen LogP contribution in [0.25, 0.3) is 10.9 Å². The molecule has 4 nitrogen and oxygen atoms in total. The van der Waals surface area contributed by atoms with Crippen LogP contribution in [-0.2, 0) is 11.2 Å². The lowest BCUT2D eigenvalue weighted by atomic mass is 10.1. The first-order valence-electron chi connectivity index (χ1n) is 5.49. The third kappa shape index (κ3) is 3.25. The fourth-order valence-electron chi connectivity index (χ4n) is 1.92. The van der Waals surface area contributed by atoms with Gasteiger partial charge in [-0.1, -0.05) is 18.2 Å². The number of H-pyrrole nitrogens is 1. The lowest BCUT2D eigenvalue weighted by Gasteiger charge is -2.16. The van der Waals surface area contributed by atoms with Gasteiger partial charge in [0.05, 0.1) is 0 Å². The van der Waals surface area contributed by atoms with Gasteiger partial charge < -0.3 is 10.1 Å². The minimum atomic E-state index is -4.73. The van der Waals surface area contributed by atoms with Crippen molar-refractivity contribution in [2.45, 2.75) is 18.8 Å². The first-order chi connectivity index (χ1) is 8.87. The molecule has 3 N–H and O–H groups in total. The number of hydrogen-bond donors (Lipinski definition) is 3. The largest absolute Gasteiger partial charge is 0.480 e. The Bertz CT molecular complexity index is 592. The summed E-state index contributed by atoms with van der Waals surface area (Å²) in [5.74, 6) is -1.54. The number of aromatic amines is 1. The number of nitrogens with one attached hydrogen (secondary N) is 2. The van der Waals surface area contributed by atoms with Crippen molar-refractivity contribution < 1.29 is 23.1 Å². The molecule has 0 amide bonds. The van der Waals surface area contributed by atoms with E-state index in [9.17, 15) is 18.0 Å². The molecule has 2 rings (SSSR count). The zero-order valence-electron chi connectivity index (χ0n) is 9.66. The summed E-state index contributed by atoms with van der Waals surface area (Å²) in [4.78, 5) is 13.8. The number of para-hydroxylation sites is 1.